The first-order valence-corrected chi connectivity index (χ1v) is 9.06. The van der Waals surface area contributed by atoms with Crippen molar-refractivity contribution in [2.45, 2.75) is 9.77 Å². The van der Waals surface area contributed by atoms with E-state index >= 15 is 0 Å². The maximum atomic E-state index is 12.8. The third-order valence-electron chi connectivity index (χ3n) is 4.46. The fourth-order valence-corrected chi connectivity index (χ4v) is 4.86. The summed E-state index contributed by atoms with van der Waals surface area (Å²) in [4.78, 5) is 38.3. The summed E-state index contributed by atoms with van der Waals surface area (Å²) < 4.78 is 4.93. The molecule has 6 nitrogen and oxygen atoms in total. The lowest BCUT2D eigenvalue weighted by molar-refractivity contribution is -0.142. The van der Waals surface area contributed by atoms with Crippen LogP contribution in [-0.4, -0.2) is 34.7 Å². The molecule has 136 valence electrons. The number of thioether (sulfide) groups is 1. The van der Waals surface area contributed by atoms with E-state index in [0.717, 1.165) is 16.7 Å². The van der Waals surface area contributed by atoms with Crippen LogP contribution in [-0.2, 0) is 19.1 Å². The number of hydrogen-bond donors (Lipinski definition) is 1. The Hall–Kier alpha value is -2.77. The minimum Gasteiger partial charge on any atom is -0.507 e. The molecule has 1 atom stereocenters. The zero-order valence-corrected chi connectivity index (χ0v) is 15.5. The number of esters is 1. The Balaban J connectivity index is 2.01. The van der Waals surface area contributed by atoms with Gasteiger partial charge >= 0.3 is 11.9 Å². The van der Waals surface area contributed by atoms with E-state index in [4.69, 9.17) is 16.3 Å². The summed E-state index contributed by atoms with van der Waals surface area (Å²) in [6, 6.07) is 12.9. The normalized spacial score (nSPS) is 22.5. The van der Waals surface area contributed by atoms with Crippen molar-refractivity contribution in [2.24, 2.45) is 0 Å². The highest BCUT2D eigenvalue weighted by Crippen LogP contribution is 2.58. The van der Waals surface area contributed by atoms with Gasteiger partial charge in [-0.15, -0.1) is 0 Å². The third kappa shape index (κ3) is 2.32. The Morgan fingerprint density at radius 1 is 1.15 bits per heavy atom. The second-order valence-electron chi connectivity index (χ2n) is 5.91. The predicted octanol–water partition coefficient (Wildman–Crippen LogP) is 3.20. The van der Waals surface area contributed by atoms with E-state index < -0.39 is 28.3 Å². The fraction of sp³-hybridized carbons (Fsp3) is 0.105. The Labute approximate surface area is 163 Å². The molecule has 2 heterocycles. The molecular weight excluding hydrogens is 390 g/mol. The SMILES string of the molecule is COC(=O)C12Sc3ccccc3N1C(=O)C(=O)/C2=C(\O)c1ccc(Cl)cc1. The summed E-state index contributed by atoms with van der Waals surface area (Å²) >= 11 is 6.87. The zero-order valence-electron chi connectivity index (χ0n) is 13.9. The topological polar surface area (TPSA) is 83.9 Å². The molecule has 2 aromatic carbocycles. The van der Waals surface area contributed by atoms with E-state index in [2.05, 4.69) is 0 Å². The number of Topliss-reactive ketones (excluding diaryl/α,β-unsaturated/α-hetero) is 1. The molecule has 0 bridgehead atoms. The van der Waals surface area contributed by atoms with Crippen LogP contribution in [0.15, 0.2) is 59.0 Å². The van der Waals surface area contributed by atoms with Crippen LogP contribution in [0.4, 0.5) is 5.69 Å². The van der Waals surface area contributed by atoms with Crippen LogP contribution in [0.3, 0.4) is 0 Å². The lowest BCUT2D eigenvalue weighted by Crippen LogP contribution is -2.48. The van der Waals surface area contributed by atoms with E-state index in [-0.39, 0.29) is 11.1 Å². The average molecular weight is 402 g/mol. The molecule has 0 aromatic heterocycles. The van der Waals surface area contributed by atoms with Crippen molar-refractivity contribution in [2.75, 3.05) is 12.0 Å². The van der Waals surface area contributed by atoms with Crippen molar-refractivity contribution in [3.63, 3.8) is 0 Å². The van der Waals surface area contributed by atoms with Crippen molar-refractivity contribution in [1.82, 2.24) is 0 Å². The van der Waals surface area contributed by atoms with Crippen LogP contribution in [0.5, 0.6) is 0 Å². The van der Waals surface area contributed by atoms with E-state index in [0.29, 0.717) is 15.6 Å². The molecule has 1 unspecified atom stereocenters. The van der Waals surface area contributed by atoms with Crippen LogP contribution in [0, 0.1) is 0 Å². The molecule has 0 saturated carbocycles. The number of ether oxygens (including phenoxy) is 1. The number of carbonyl (C=O) groups is 3. The Morgan fingerprint density at radius 3 is 2.48 bits per heavy atom. The quantitative estimate of drug-likeness (QED) is 0.360. The maximum Gasteiger partial charge on any atom is 0.348 e. The summed E-state index contributed by atoms with van der Waals surface area (Å²) in [6.45, 7) is 0. The van der Waals surface area contributed by atoms with Gasteiger partial charge < -0.3 is 9.84 Å². The summed E-state index contributed by atoms with van der Waals surface area (Å²) in [5.74, 6) is -3.13. The Kier molecular flexibility index (Phi) is 4.01. The van der Waals surface area contributed by atoms with Gasteiger partial charge in [0.15, 0.2) is 0 Å². The highest BCUT2D eigenvalue weighted by Gasteiger charge is 2.67. The van der Waals surface area contributed by atoms with Crippen LogP contribution >= 0.6 is 23.4 Å². The molecular formula is C19H12ClNO5S. The number of halogens is 1. The van der Waals surface area contributed by atoms with Gasteiger partial charge in [0, 0.05) is 15.5 Å². The summed E-state index contributed by atoms with van der Waals surface area (Å²) in [7, 11) is 1.17. The number of benzene rings is 2. The Bertz CT molecular complexity index is 1030. The van der Waals surface area contributed by atoms with Crippen molar-refractivity contribution in [3.05, 3.63) is 64.7 Å². The third-order valence-corrected chi connectivity index (χ3v) is 6.12. The number of carbonyl (C=O) groups excluding carboxylic acids is 3. The van der Waals surface area contributed by atoms with Gasteiger partial charge in [0.05, 0.1) is 18.4 Å². The summed E-state index contributed by atoms with van der Waals surface area (Å²) in [5, 5.41) is 11.3. The van der Waals surface area contributed by atoms with E-state index in [1.807, 2.05) is 0 Å². The number of ketones is 1. The van der Waals surface area contributed by atoms with Gasteiger partial charge in [0.2, 0.25) is 4.87 Å². The lowest BCUT2D eigenvalue weighted by atomic mass is 10.0. The largest absolute Gasteiger partial charge is 0.507 e. The number of nitrogens with zero attached hydrogens (tertiary/aromatic N) is 1. The van der Waals surface area contributed by atoms with Gasteiger partial charge in [0.1, 0.15) is 5.76 Å². The van der Waals surface area contributed by atoms with Crippen molar-refractivity contribution >= 4 is 52.5 Å². The second-order valence-corrected chi connectivity index (χ2v) is 7.58. The van der Waals surface area contributed by atoms with Gasteiger partial charge in [-0.2, -0.15) is 0 Å². The van der Waals surface area contributed by atoms with Crippen LogP contribution < -0.4 is 4.90 Å². The van der Waals surface area contributed by atoms with Crippen molar-refractivity contribution in [3.8, 4) is 0 Å². The number of para-hydroxylation sites is 1. The number of hydrogen-bond acceptors (Lipinski definition) is 6. The van der Waals surface area contributed by atoms with Crippen LogP contribution in [0.1, 0.15) is 5.56 Å². The molecule has 2 aliphatic heterocycles. The van der Waals surface area contributed by atoms with Gasteiger partial charge in [-0.3, -0.25) is 14.5 Å². The lowest BCUT2D eigenvalue weighted by Gasteiger charge is -2.28. The van der Waals surface area contributed by atoms with Gasteiger partial charge in [-0.1, -0.05) is 35.5 Å². The first-order valence-electron chi connectivity index (χ1n) is 7.87. The second kappa shape index (κ2) is 6.14. The summed E-state index contributed by atoms with van der Waals surface area (Å²) in [5.41, 5.74) is 0.366. The van der Waals surface area contributed by atoms with Crippen molar-refractivity contribution < 1.29 is 24.2 Å². The van der Waals surface area contributed by atoms with E-state index in [1.54, 1.807) is 24.3 Å². The van der Waals surface area contributed by atoms with Crippen LogP contribution in [0.2, 0.25) is 5.02 Å². The number of amides is 1. The first-order chi connectivity index (χ1) is 12.9. The molecule has 27 heavy (non-hydrogen) atoms. The number of methoxy groups -OCH3 is 1. The zero-order chi connectivity index (χ0) is 19.3. The molecule has 1 amide bonds. The number of rotatable bonds is 2. The predicted molar refractivity (Wildman–Crippen MR) is 101 cm³/mol. The molecule has 0 spiro atoms. The average Bonchev–Trinajstić information content (AvgIpc) is 3.12. The Morgan fingerprint density at radius 2 is 1.81 bits per heavy atom. The summed E-state index contributed by atoms with van der Waals surface area (Å²) in [6.07, 6.45) is 0. The smallest absolute Gasteiger partial charge is 0.348 e. The maximum absolute atomic E-state index is 12.8. The minimum atomic E-state index is -1.81. The van der Waals surface area contributed by atoms with Gasteiger partial charge in [0.25, 0.3) is 5.78 Å². The van der Waals surface area contributed by atoms with Crippen LogP contribution in [0.25, 0.3) is 5.76 Å². The molecule has 1 saturated heterocycles. The molecule has 2 aromatic rings. The number of aliphatic hydroxyl groups excluding tert-OH is 1. The number of aliphatic hydroxyl groups is 1. The molecule has 4 rings (SSSR count). The van der Waals surface area contributed by atoms with E-state index in [9.17, 15) is 19.5 Å². The highest BCUT2D eigenvalue weighted by atomic mass is 35.5. The molecule has 8 heteroatoms. The fourth-order valence-electron chi connectivity index (χ4n) is 3.27. The molecule has 1 fully saturated rings. The minimum absolute atomic E-state index is 0.261. The highest BCUT2D eigenvalue weighted by molar-refractivity contribution is 8.02. The van der Waals surface area contributed by atoms with Gasteiger partial charge in [-0.25, -0.2) is 4.79 Å². The first kappa shape index (κ1) is 17.6. The molecule has 0 radical (unpaired) electrons. The molecule has 0 aliphatic carbocycles. The molecule has 2 aliphatic rings. The van der Waals surface area contributed by atoms with Crippen molar-refractivity contribution in [1.29, 1.82) is 0 Å². The number of fused-ring (bicyclic) bond motifs is 3. The number of anilines is 1. The monoisotopic (exact) mass is 401 g/mol. The van der Waals surface area contributed by atoms with Gasteiger partial charge in [-0.05, 0) is 36.4 Å². The standard InChI is InChI=1S/C19H12ClNO5S/c1-26-18(25)19-14(15(22)10-6-8-11(20)9-7-10)16(23)17(24)21(19)12-4-2-3-5-13(12)27-19/h2-9,22H,1H3/b15-14+. The van der Waals surface area contributed by atoms with E-state index in [1.165, 1.54) is 31.4 Å². The molecule has 1 N–H and O–H groups in total.